The fourth-order valence-electron chi connectivity index (χ4n) is 2.36. The van der Waals surface area contributed by atoms with E-state index in [9.17, 15) is 13.2 Å². The van der Waals surface area contributed by atoms with Gasteiger partial charge in [0.15, 0.2) is 10.8 Å². The summed E-state index contributed by atoms with van der Waals surface area (Å²) in [6, 6.07) is 0.992. The van der Waals surface area contributed by atoms with E-state index in [2.05, 4.69) is 27.5 Å². The van der Waals surface area contributed by atoms with Crippen LogP contribution in [0.25, 0.3) is 0 Å². The van der Waals surface area contributed by atoms with Gasteiger partial charge in [0, 0.05) is 26.2 Å². The van der Waals surface area contributed by atoms with Crippen molar-refractivity contribution in [3.8, 4) is 0 Å². The minimum absolute atomic E-state index is 0.151. The molecule has 1 fully saturated rings. The molecule has 0 radical (unpaired) electrons. The van der Waals surface area contributed by atoms with Gasteiger partial charge in [-0.25, -0.2) is 4.98 Å². The highest BCUT2D eigenvalue weighted by Gasteiger charge is 2.34. The molecule has 0 unspecified atom stereocenters. The maximum Gasteiger partial charge on any atom is 0.433 e. The Labute approximate surface area is 132 Å². The van der Waals surface area contributed by atoms with Crippen LogP contribution < -0.4 is 15.5 Å². The number of anilines is 2. The zero-order valence-electron chi connectivity index (χ0n) is 12.4. The first kappa shape index (κ1) is 16.7. The average Bonchev–Trinajstić information content (AvgIpc) is 2.46. The molecular weight excluding hydrogens is 315 g/mol. The highest BCUT2D eigenvalue weighted by molar-refractivity contribution is 7.80. The van der Waals surface area contributed by atoms with E-state index in [0.29, 0.717) is 19.0 Å². The van der Waals surface area contributed by atoms with Crippen molar-refractivity contribution in [3.05, 3.63) is 11.8 Å². The van der Waals surface area contributed by atoms with E-state index < -0.39 is 11.9 Å². The number of nitrogens with one attached hydrogen (secondary N) is 2. The van der Waals surface area contributed by atoms with Gasteiger partial charge in [-0.2, -0.15) is 18.2 Å². The minimum atomic E-state index is -4.53. The molecule has 0 spiro atoms. The van der Waals surface area contributed by atoms with Crippen molar-refractivity contribution in [1.82, 2.24) is 15.3 Å². The first-order valence-corrected chi connectivity index (χ1v) is 7.40. The van der Waals surface area contributed by atoms with Crippen LogP contribution in [0.2, 0.25) is 0 Å². The summed E-state index contributed by atoms with van der Waals surface area (Å²) in [5.74, 6) is 0.547. The van der Waals surface area contributed by atoms with Crippen molar-refractivity contribution in [2.45, 2.75) is 25.9 Å². The van der Waals surface area contributed by atoms with Crippen molar-refractivity contribution in [2.75, 3.05) is 30.4 Å². The van der Waals surface area contributed by atoms with Gasteiger partial charge in [-0.15, -0.1) is 0 Å². The van der Waals surface area contributed by atoms with Crippen molar-refractivity contribution >= 4 is 29.1 Å². The zero-order valence-corrected chi connectivity index (χ0v) is 13.2. The summed E-state index contributed by atoms with van der Waals surface area (Å²) in [6.45, 7) is 3.45. The van der Waals surface area contributed by atoms with Crippen LogP contribution >= 0.6 is 12.2 Å². The normalized spacial score (nSPS) is 19.0. The van der Waals surface area contributed by atoms with E-state index >= 15 is 0 Å². The summed E-state index contributed by atoms with van der Waals surface area (Å²) in [5.41, 5.74) is -0.975. The Morgan fingerprint density at radius 2 is 2.14 bits per heavy atom. The van der Waals surface area contributed by atoms with E-state index in [1.807, 2.05) is 4.90 Å². The number of piperidine rings is 1. The quantitative estimate of drug-likeness (QED) is 0.812. The molecule has 1 aliphatic heterocycles. The number of alkyl halides is 3. The summed E-state index contributed by atoms with van der Waals surface area (Å²) in [6.07, 6.45) is -2.52. The Hall–Kier alpha value is -1.64. The molecular formula is C13H18F3N5S. The van der Waals surface area contributed by atoms with Gasteiger partial charge in [-0.1, -0.05) is 6.92 Å². The molecule has 0 aliphatic carbocycles. The van der Waals surface area contributed by atoms with Crippen molar-refractivity contribution in [2.24, 2.45) is 5.92 Å². The molecule has 1 aromatic rings. The van der Waals surface area contributed by atoms with E-state index in [0.717, 1.165) is 18.9 Å². The summed E-state index contributed by atoms with van der Waals surface area (Å²) >= 11 is 4.90. The van der Waals surface area contributed by atoms with Gasteiger partial charge in [0.05, 0.1) is 0 Å². The zero-order chi connectivity index (χ0) is 16.3. The van der Waals surface area contributed by atoms with Crippen molar-refractivity contribution in [1.29, 1.82) is 0 Å². The summed E-state index contributed by atoms with van der Waals surface area (Å²) in [4.78, 5) is 9.53. The average molecular weight is 333 g/mol. The predicted molar refractivity (Wildman–Crippen MR) is 82.9 cm³/mol. The Bertz CT molecular complexity index is 549. The number of halogens is 3. The molecule has 0 amide bonds. The van der Waals surface area contributed by atoms with Crippen LogP contribution in [0.3, 0.4) is 0 Å². The fourth-order valence-corrected chi connectivity index (χ4v) is 2.45. The van der Waals surface area contributed by atoms with Crippen molar-refractivity contribution < 1.29 is 13.2 Å². The minimum Gasteiger partial charge on any atom is -0.365 e. The maximum absolute atomic E-state index is 13.0. The standard InChI is InChI=1S/C13H18F3N5S/c1-8-4-3-5-21(7-8)10-6-9(13(14,15)16)18-11(19-10)20-12(22)17-2/h6,8H,3-5,7H2,1-2H3,(H2,17,18,19,20,22)/t8-/m1/s1. The highest BCUT2D eigenvalue weighted by Crippen LogP contribution is 2.31. The molecule has 2 N–H and O–H groups in total. The molecule has 5 nitrogen and oxygen atoms in total. The molecule has 1 saturated heterocycles. The number of hydrogen-bond donors (Lipinski definition) is 2. The molecule has 22 heavy (non-hydrogen) atoms. The Morgan fingerprint density at radius 1 is 1.41 bits per heavy atom. The van der Waals surface area contributed by atoms with Crippen molar-refractivity contribution in [3.63, 3.8) is 0 Å². The second-order valence-electron chi connectivity index (χ2n) is 5.33. The molecule has 0 saturated carbocycles. The second-order valence-corrected chi connectivity index (χ2v) is 5.74. The van der Waals surface area contributed by atoms with Crippen LogP contribution in [0.4, 0.5) is 24.9 Å². The lowest BCUT2D eigenvalue weighted by molar-refractivity contribution is -0.141. The van der Waals surface area contributed by atoms with E-state index in [1.165, 1.54) is 0 Å². The predicted octanol–water partition coefficient (Wildman–Crippen LogP) is 2.65. The number of aromatic nitrogens is 2. The third kappa shape index (κ3) is 4.19. The van der Waals surface area contributed by atoms with E-state index in [4.69, 9.17) is 12.2 Å². The van der Waals surface area contributed by atoms with Crippen LogP contribution in [0.1, 0.15) is 25.5 Å². The van der Waals surface area contributed by atoms with Gasteiger partial charge in [0.25, 0.3) is 0 Å². The fraction of sp³-hybridized carbons (Fsp3) is 0.615. The first-order valence-electron chi connectivity index (χ1n) is 6.99. The van der Waals surface area contributed by atoms with Gasteiger partial charge in [-0.3, -0.25) is 0 Å². The topological polar surface area (TPSA) is 53.1 Å². The Balaban J connectivity index is 2.35. The van der Waals surface area contributed by atoms with E-state index in [-0.39, 0.29) is 16.9 Å². The van der Waals surface area contributed by atoms with Gasteiger partial charge in [-0.05, 0) is 31.0 Å². The van der Waals surface area contributed by atoms with Gasteiger partial charge in [0.1, 0.15) is 5.82 Å². The third-order valence-electron chi connectivity index (χ3n) is 3.44. The molecule has 1 atom stereocenters. The lowest BCUT2D eigenvalue weighted by Crippen LogP contribution is -2.35. The van der Waals surface area contributed by atoms with Crippen LogP contribution in [-0.4, -0.2) is 35.2 Å². The monoisotopic (exact) mass is 333 g/mol. The van der Waals surface area contributed by atoms with Crippen LogP contribution in [0, 0.1) is 5.92 Å². The molecule has 9 heteroatoms. The SMILES string of the molecule is CNC(=S)Nc1nc(N2CCC[C@@H](C)C2)cc(C(F)(F)F)n1. The summed E-state index contributed by atoms with van der Waals surface area (Å²) < 4.78 is 39.1. The largest absolute Gasteiger partial charge is 0.433 e. The molecule has 2 heterocycles. The lowest BCUT2D eigenvalue weighted by Gasteiger charge is -2.32. The Morgan fingerprint density at radius 3 is 2.73 bits per heavy atom. The number of nitrogens with zero attached hydrogens (tertiary/aromatic N) is 3. The van der Waals surface area contributed by atoms with Gasteiger partial charge in [0.2, 0.25) is 5.95 Å². The summed E-state index contributed by atoms with van der Waals surface area (Å²) in [7, 11) is 1.57. The molecule has 1 aromatic heterocycles. The van der Waals surface area contributed by atoms with Gasteiger partial charge >= 0.3 is 6.18 Å². The molecule has 122 valence electrons. The highest BCUT2D eigenvalue weighted by atomic mass is 32.1. The molecule has 0 aromatic carbocycles. The Kier molecular flexibility index (Phi) is 5.05. The van der Waals surface area contributed by atoms with Crippen LogP contribution in [-0.2, 0) is 6.18 Å². The van der Waals surface area contributed by atoms with Crippen LogP contribution in [0.5, 0.6) is 0 Å². The number of rotatable bonds is 2. The van der Waals surface area contributed by atoms with Crippen LogP contribution in [0.15, 0.2) is 6.07 Å². The first-order chi connectivity index (χ1) is 10.3. The second kappa shape index (κ2) is 6.64. The summed E-state index contributed by atoms with van der Waals surface area (Å²) in [5, 5.41) is 5.35. The number of thiocarbonyl (C=S) groups is 1. The number of hydrogen-bond acceptors (Lipinski definition) is 4. The van der Waals surface area contributed by atoms with Gasteiger partial charge < -0.3 is 15.5 Å². The van der Waals surface area contributed by atoms with E-state index in [1.54, 1.807) is 7.05 Å². The third-order valence-corrected chi connectivity index (χ3v) is 3.74. The maximum atomic E-state index is 13.0. The molecule has 0 bridgehead atoms. The smallest absolute Gasteiger partial charge is 0.365 e. The molecule has 1 aliphatic rings. The molecule has 2 rings (SSSR count). The lowest BCUT2D eigenvalue weighted by atomic mass is 10.0.